The number of carboxylic acid groups (broad SMARTS) is 1. The summed E-state index contributed by atoms with van der Waals surface area (Å²) in [5.74, 6) is -1.19. The van der Waals surface area contributed by atoms with Gasteiger partial charge in [0.2, 0.25) is 0 Å². The van der Waals surface area contributed by atoms with Gasteiger partial charge in [0.1, 0.15) is 5.82 Å². The molecule has 19 heavy (non-hydrogen) atoms. The van der Waals surface area contributed by atoms with E-state index in [0.717, 1.165) is 17.7 Å². The molecule has 0 spiro atoms. The van der Waals surface area contributed by atoms with Gasteiger partial charge in [0.05, 0.1) is 5.56 Å². The third-order valence-corrected chi connectivity index (χ3v) is 2.77. The summed E-state index contributed by atoms with van der Waals surface area (Å²) in [6.45, 7) is 0.661. The normalized spacial score (nSPS) is 10.2. The van der Waals surface area contributed by atoms with Gasteiger partial charge in [-0.3, -0.25) is 0 Å². The molecule has 0 radical (unpaired) electrons. The van der Waals surface area contributed by atoms with Gasteiger partial charge >= 0.3 is 5.97 Å². The second-order valence-electron chi connectivity index (χ2n) is 4.19. The van der Waals surface area contributed by atoms with E-state index in [2.05, 4.69) is 5.32 Å². The fourth-order valence-corrected chi connectivity index (χ4v) is 1.76. The van der Waals surface area contributed by atoms with Gasteiger partial charge < -0.3 is 10.4 Å². The molecule has 0 fully saturated rings. The van der Waals surface area contributed by atoms with E-state index in [-0.39, 0.29) is 11.4 Å². The first kappa shape index (κ1) is 13.1. The van der Waals surface area contributed by atoms with Crippen LogP contribution in [0.4, 0.5) is 10.1 Å². The maximum absolute atomic E-state index is 12.7. The first-order valence-corrected chi connectivity index (χ1v) is 5.97. The van der Waals surface area contributed by atoms with Crippen LogP contribution in [0.15, 0.2) is 48.5 Å². The Morgan fingerprint density at radius 1 is 1.16 bits per heavy atom. The van der Waals surface area contributed by atoms with E-state index in [4.69, 9.17) is 5.11 Å². The molecule has 0 amide bonds. The SMILES string of the molecule is O=C(O)c1cccc(NCCc2ccc(F)cc2)c1. The molecule has 4 heteroatoms. The van der Waals surface area contributed by atoms with E-state index >= 15 is 0 Å². The lowest BCUT2D eigenvalue weighted by Gasteiger charge is -2.07. The molecule has 0 saturated heterocycles. The van der Waals surface area contributed by atoms with Gasteiger partial charge in [-0.2, -0.15) is 0 Å². The molecule has 2 N–H and O–H groups in total. The van der Waals surface area contributed by atoms with Gasteiger partial charge in [-0.05, 0) is 42.3 Å². The van der Waals surface area contributed by atoms with Gasteiger partial charge in [-0.1, -0.05) is 18.2 Å². The molecule has 0 heterocycles. The number of halogens is 1. The van der Waals surface area contributed by atoms with Crippen molar-refractivity contribution in [3.05, 3.63) is 65.5 Å². The second-order valence-corrected chi connectivity index (χ2v) is 4.19. The summed E-state index contributed by atoms with van der Waals surface area (Å²) >= 11 is 0. The Labute approximate surface area is 110 Å². The van der Waals surface area contributed by atoms with Crippen LogP contribution in [0.2, 0.25) is 0 Å². The first-order valence-electron chi connectivity index (χ1n) is 5.97. The molecule has 0 aliphatic rings. The Morgan fingerprint density at radius 3 is 2.58 bits per heavy atom. The van der Waals surface area contributed by atoms with Gasteiger partial charge in [-0.25, -0.2) is 9.18 Å². The van der Waals surface area contributed by atoms with Crippen molar-refractivity contribution >= 4 is 11.7 Å². The highest BCUT2D eigenvalue weighted by Crippen LogP contribution is 2.11. The smallest absolute Gasteiger partial charge is 0.335 e. The summed E-state index contributed by atoms with van der Waals surface area (Å²) in [6.07, 6.45) is 0.748. The summed E-state index contributed by atoms with van der Waals surface area (Å²) < 4.78 is 12.7. The Hall–Kier alpha value is -2.36. The zero-order chi connectivity index (χ0) is 13.7. The van der Waals surface area contributed by atoms with Crippen LogP contribution in [0.1, 0.15) is 15.9 Å². The fourth-order valence-electron chi connectivity index (χ4n) is 1.76. The standard InChI is InChI=1S/C15H14FNO2/c16-13-6-4-11(5-7-13)8-9-17-14-3-1-2-12(10-14)15(18)19/h1-7,10,17H,8-9H2,(H,18,19). The molecule has 3 nitrogen and oxygen atoms in total. The van der Waals surface area contributed by atoms with Gasteiger partial charge in [0.25, 0.3) is 0 Å². The van der Waals surface area contributed by atoms with E-state index in [0.29, 0.717) is 6.54 Å². The molecule has 0 aliphatic heterocycles. The topological polar surface area (TPSA) is 49.3 Å². The van der Waals surface area contributed by atoms with Gasteiger partial charge in [0, 0.05) is 12.2 Å². The Morgan fingerprint density at radius 2 is 1.89 bits per heavy atom. The van der Waals surface area contributed by atoms with Crippen LogP contribution in [0, 0.1) is 5.82 Å². The number of nitrogens with one attached hydrogen (secondary N) is 1. The quantitative estimate of drug-likeness (QED) is 0.867. The van der Waals surface area contributed by atoms with Crippen LogP contribution in [-0.2, 0) is 6.42 Å². The lowest BCUT2D eigenvalue weighted by atomic mass is 10.1. The van der Waals surface area contributed by atoms with Crippen molar-refractivity contribution in [3.8, 4) is 0 Å². The van der Waals surface area contributed by atoms with Crippen molar-refractivity contribution in [1.29, 1.82) is 0 Å². The molecule has 0 saturated carbocycles. The molecule has 0 bridgehead atoms. The minimum atomic E-state index is -0.942. The summed E-state index contributed by atoms with van der Waals surface area (Å²) in [7, 11) is 0. The number of rotatable bonds is 5. The highest BCUT2D eigenvalue weighted by molar-refractivity contribution is 5.88. The van der Waals surface area contributed by atoms with Crippen LogP contribution < -0.4 is 5.32 Å². The molecular formula is C15H14FNO2. The number of hydrogen-bond acceptors (Lipinski definition) is 2. The largest absolute Gasteiger partial charge is 0.478 e. The number of anilines is 1. The van der Waals surface area contributed by atoms with Crippen molar-refractivity contribution in [2.75, 3.05) is 11.9 Å². The molecule has 2 aromatic carbocycles. The fraction of sp³-hybridized carbons (Fsp3) is 0.133. The molecular weight excluding hydrogens is 245 g/mol. The molecule has 0 aromatic heterocycles. The third-order valence-electron chi connectivity index (χ3n) is 2.77. The van der Waals surface area contributed by atoms with Crippen LogP contribution in [0.3, 0.4) is 0 Å². The highest BCUT2D eigenvalue weighted by Gasteiger charge is 2.02. The van der Waals surface area contributed by atoms with E-state index in [9.17, 15) is 9.18 Å². The minimum absolute atomic E-state index is 0.245. The molecule has 98 valence electrons. The van der Waals surface area contributed by atoms with Crippen molar-refractivity contribution in [2.45, 2.75) is 6.42 Å². The lowest BCUT2D eigenvalue weighted by Crippen LogP contribution is -2.06. The van der Waals surface area contributed by atoms with Crippen molar-refractivity contribution in [3.63, 3.8) is 0 Å². The monoisotopic (exact) mass is 259 g/mol. The number of carboxylic acids is 1. The summed E-state index contributed by atoms with van der Waals surface area (Å²) in [5, 5.41) is 12.0. The van der Waals surface area contributed by atoms with E-state index in [1.54, 1.807) is 30.3 Å². The zero-order valence-corrected chi connectivity index (χ0v) is 10.3. The molecule has 2 rings (SSSR count). The first-order chi connectivity index (χ1) is 9.15. The predicted octanol–water partition coefficient (Wildman–Crippen LogP) is 3.18. The average Bonchev–Trinajstić information content (AvgIpc) is 2.41. The average molecular weight is 259 g/mol. The third kappa shape index (κ3) is 3.81. The highest BCUT2D eigenvalue weighted by atomic mass is 19.1. The summed E-state index contributed by atoms with van der Waals surface area (Å²) in [4.78, 5) is 10.8. The summed E-state index contributed by atoms with van der Waals surface area (Å²) in [5.41, 5.74) is 2.05. The molecule has 2 aromatic rings. The van der Waals surface area contributed by atoms with E-state index < -0.39 is 5.97 Å². The maximum Gasteiger partial charge on any atom is 0.335 e. The molecule has 0 unspecified atom stereocenters. The van der Waals surface area contributed by atoms with Crippen molar-refractivity contribution < 1.29 is 14.3 Å². The van der Waals surface area contributed by atoms with Crippen molar-refractivity contribution in [2.24, 2.45) is 0 Å². The van der Waals surface area contributed by atoms with Crippen LogP contribution in [-0.4, -0.2) is 17.6 Å². The number of benzene rings is 2. The minimum Gasteiger partial charge on any atom is -0.478 e. The Kier molecular flexibility index (Phi) is 4.13. The molecule has 0 atom stereocenters. The lowest BCUT2D eigenvalue weighted by molar-refractivity contribution is 0.0697. The number of carbonyl (C=O) groups is 1. The van der Waals surface area contributed by atoms with Gasteiger partial charge in [0.15, 0.2) is 0 Å². The van der Waals surface area contributed by atoms with E-state index in [1.165, 1.54) is 12.1 Å². The Bertz CT molecular complexity index is 567. The Balaban J connectivity index is 1.90. The predicted molar refractivity (Wildman–Crippen MR) is 72.0 cm³/mol. The second kappa shape index (κ2) is 6.00. The summed E-state index contributed by atoms with van der Waals surface area (Å²) in [6, 6.07) is 13.0. The maximum atomic E-state index is 12.7. The molecule has 0 aliphatic carbocycles. The van der Waals surface area contributed by atoms with Crippen LogP contribution in [0.25, 0.3) is 0 Å². The van der Waals surface area contributed by atoms with Gasteiger partial charge in [-0.15, -0.1) is 0 Å². The zero-order valence-electron chi connectivity index (χ0n) is 10.3. The van der Waals surface area contributed by atoms with Crippen LogP contribution >= 0.6 is 0 Å². The van der Waals surface area contributed by atoms with Crippen molar-refractivity contribution in [1.82, 2.24) is 0 Å². The number of hydrogen-bond donors (Lipinski definition) is 2. The van der Waals surface area contributed by atoms with E-state index in [1.807, 2.05) is 6.07 Å². The number of aromatic carboxylic acids is 1. The van der Waals surface area contributed by atoms with Crippen LogP contribution in [0.5, 0.6) is 0 Å².